The van der Waals surface area contributed by atoms with Crippen molar-refractivity contribution in [2.24, 2.45) is 5.92 Å². The summed E-state index contributed by atoms with van der Waals surface area (Å²) in [6.07, 6.45) is 0. The Kier molecular flexibility index (Phi) is 4.92. The average molecular weight is 224 g/mol. The van der Waals surface area contributed by atoms with Crippen LogP contribution in [0.25, 0.3) is 0 Å². The summed E-state index contributed by atoms with van der Waals surface area (Å²) in [4.78, 5) is 11.4. The van der Waals surface area contributed by atoms with Gasteiger partial charge in [-0.15, -0.1) is 0 Å². The molecule has 1 amide bonds. The van der Waals surface area contributed by atoms with Crippen LogP contribution in [0.4, 0.5) is 10.1 Å². The van der Waals surface area contributed by atoms with Crippen LogP contribution in [0.1, 0.15) is 13.8 Å². The number of halogens is 1. The minimum absolute atomic E-state index is 0.118. The molecule has 0 heterocycles. The lowest BCUT2D eigenvalue weighted by Crippen LogP contribution is -2.30. The Balaban J connectivity index is 2.31. The summed E-state index contributed by atoms with van der Waals surface area (Å²) in [7, 11) is 0. The molecule has 0 aliphatic carbocycles. The van der Waals surface area contributed by atoms with Gasteiger partial charge in [-0.25, -0.2) is 4.39 Å². The van der Waals surface area contributed by atoms with E-state index in [1.165, 1.54) is 24.3 Å². The predicted molar refractivity (Wildman–Crippen MR) is 62.7 cm³/mol. The van der Waals surface area contributed by atoms with Gasteiger partial charge >= 0.3 is 0 Å². The number of carbonyl (C=O) groups is 1. The van der Waals surface area contributed by atoms with Crippen molar-refractivity contribution in [3.63, 3.8) is 0 Å². The molecule has 0 aromatic heterocycles. The SMILES string of the molecule is CC(C)CNCC(=O)Nc1ccc(F)cc1. The Labute approximate surface area is 95.0 Å². The molecule has 0 unspecified atom stereocenters. The Hall–Kier alpha value is -1.42. The van der Waals surface area contributed by atoms with Crippen LogP contribution in [-0.2, 0) is 4.79 Å². The molecule has 0 spiro atoms. The highest BCUT2D eigenvalue weighted by atomic mass is 19.1. The van der Waals surface area contributed by atoms with Crippen LogP contribution < -0.4 is 10.6 Å². The number of rotatable bonds is 5. The molecule has 0 atom stereocenters. The van der Waals surface area contributed by atoms with Crippen molar-refractivity contribution in [2.75, 3.05) is 18.4 Å². The molecule has 88 valence electrons. The van der Waals surface area contributed by atoms with E-state index < -0.39 is 0 Å². The van der Waals surface area contributed by atoms with Crippen molar-refractivity contribution >= 4 is 11.6 Å². The Morgan fingerprint density at radius 2 is 1.94 bits per heavy atom. The fraction of sp³-hybridized carbons (Fsp3) is 0.417. The van der Waals surface area contributed by atoms with Gasteiger partial charge in [-0.1, -0.05) is 13.8 Å². The third kappa shape index (κ3) is 4.89. The first-order valence-corrected chi connectivity index (χ1v) is 5.34. The van der Waals surface area contributed by atoms with Gasteiger partial charge in [0.05, 0.1) is 6.54 Å². The summed E-state index contributed by atoms with van der Waals surface area (Å²) in [6, 6.07) is 5.71. The van der Waals surface area contributed by atoms with Gasteiger partial charge in [0.15, 0.2) is 0 Å². The number of anilines is 1. The van der Waals surface area contributed by atoms with Gasteiger partial charge in [0, 0.05) is 5.69 Å². The van der Waals surface area contributed by atoms with Crippen molar-refractivity contribution in [3.05, 3.63) is 30.1 Å². The third-order valence-electron chi connectivity index (χ3n) is 1.97. The molecule has 0 bridgehead atoms. The van der Waals surface area contributed by atoms with E-state index >= 15 is 0 Å². The van der Waals surface area contributed by atoms with Crippen LogP contribution in [0.15, 0.2) is 24.3 Å². The maximum Gasteiger partial charge on any atom is 0.238 e. The van der Waals surface area contributed by atoms with E-state index in [0.29, 0.717) is 11.6 Å². The van der Waals surface area contributed by atoms with E-state index in [4.69, 9.17) is 0 Å². The molecule has 1 rings (SSSR count). The fourth-order valence-electron chi connectivity index (χ4n) is 1.21. The van der Waals surface area contributed by atoms with Gasteiger partial charge in [-0.3, -0.25) is 4.79 Å². The van der Waals surface area contributed by atoms with E-state index in [2.05, 4.69) is 24.5 Å². The minimum atomic E-state index is -0.309. The largest absolute Gasteiger partial charge is 0.325 e. The van der Waals surface area contributed by atoms with Crippen molar-refractivity contribution < 1.29 is 9.18 Å². The molecule has 0 aliphatic rings. The molecule has 16 heavy (non-hydrogen) atoms. The summed E-state index contributed by atoms with van der Waals surface area (Å²) >= 11 is 0. The summed E-state index contributed by atoms with van der Waals surface area (Å²) in [5, 5.41) is 5.70. The van der Waals surface area contributed by atoms with Gasteiger partial charge in [0.2, 0.25) is 5.91 Å². The van der Waals surface area contributed by atoms with E-state index in [9.17, 15) is 9.18 Å². The van der Waals surface area contributed by atoms with Crippen LogP contribution >= 0.6 is 0 Å². The van der Waals surface area contributed by atoms with Crippen LogP contribution in [0, 0.1) is 11.7 Å². The maximum absolute atomic E-state index is 12.6. The van der Waals surface area contributed by atoms with Crippen LogP contribution in [0.2, 0.25) is 0 Å². The first kappa shape index (κ1) is 12.6. The molecular formula is C12H17FN2O. The fourth-order valence-corrected chi connectivity index (χ4v) is 1.21. The summed E-state index contributed by atoms with van der Waals surface area (Å²) in [6.45, 7) is 5.22. The molecule has 1 aromatic rings. The van der Waals surface area contributed by atoms with E-state index in [1.54, 1.807) is 0 Å². The monoisotopic (exact) mass is 224 g/mol. The number of amides is 1. The molecule has 4 heteroatoms. The van der Waals surface area contributed by atoms with Crippen molar-refractivity contribution in [3.8, 4) is 0 Å². The molecule has 0 fully saturated rings. The van der Waals surface area contributed by atoms with Crippen molar-refractivity contribution in [1.82, 2.24) is 5.32 Å². The average Bonchev–Trinajstić information content (AvgIpc) is 2.21. The first-order chi connectivity index (χ1) is 7.58. The predicted octanol–water partition coefficient (Wildman–Crippen LogP) is 2.01. The highest BCUT2D eigenvalue weighted by Gasteiger charge is 2.02. The Bertz CT molecular complexity index is 335. The first-order valence-electron chi connectivity index (χ1n) is 5.34. The molecule has 3 nitrogen and oxygen atoms in total. The lowest BCUT2D eigenvalue weighted by molar-refractivity contribution is -0.115. The summed E-state index contributed by atoms with van der Waals surface area (Å²) in [5.41, 5.74) is 0.609. The molecule has 0 radical (unpaired) electrons. The number of hydrogen-bond donors (Lipinski definition) is 2. The Morgan fingerprint density at radius 3 is 2.50 bits per heavy atom. The van der Waals surface area contributed by atoms with E-state index in [1.807, 2.05) is 0 Å². The van der Waals surface area contributed by atoms with Gasteiger partial charge in [-0.05, 0) is 36.7 Å². The molecule has 0 saturated carbocycles. The standard InChI is InChI=1S/C12H17FN2O/c1-9(2)7-14-8-12(16)15-11-5-3-10(13)4-6-11/h3-6,9,14H,7-8H2,1-2H3,(H,15,16). The number of carbonyl (C=O) groups excluding carboxylic acids is 1. The zero-order valence-electron chi connectivity index (χ0n) is 9.59. The molecule has 0 aliphatic heterocycles. The van der Waals surface area contributed by atoms with Crippen molar-refractivity contribution in [1.29, 1.82) is 0 Å². The molecule has 1 aromatic carbocycles. The third-order valence-corrected chi connectivity index (χ3v) is 1.97. The lowest BCUT2D eigenvalue weighted by atomic mass is 10.2. The van der Waals surface area contributed by atoms with Crippen LogP contribution in [0.5, 0.6) is 0 Å². The maximum atomic E-state index is 12.6. The van der Waals surface area contributed by atoms with Crippen molar-refractivity contribution in [2.45, 2.75) is 13.8 Å². The zero-order chi connectivity index (χ0) is 12.0. The highest BCUT2D eigenvalue weighted by molar-refractivity contribution is 5.92. The Morgan fingerprint density at radius 1 is 1.31 bits per heavy atom. The highest BCUT2D eigenvalue weighted by Crippen LogP contribution is 2.07. The second kappa shape index (κ2) is 6.23. The normalized spacial score (nSPS) is 10.5. The second-order valence-electron chi connectivity index (χ2n) is 4.08. The zero-order valence-corrected chi connectivity index (χ0v) is 9.59. The lowest BCUT2D eigenvalue weighted by Gasteiger charge is -2.08. The molecule has 0 saturated heterocycles. The van der Waals surface area contributed by atoms with E-state index in [-0.39, 0.29) is 18.3 Å². The van der Waals surface area contributed by atoms with Gasteiger partial charge in [-0.2, -0.15) is 0 Å². The number of nitrogens with one attached hydrogen (secondary N) is 2. The van der Waals surface area contributed by atoms with Crippen LogP contribution in [-0.4, -0.2) is 19.0 Å². The number of benzene rings is 1. The summed E-state index contributed by atoms with van der Waals surface area (Å²) in [5.74, 6) is 0.0850. The van der Waals surface area contributed by atoms with Gasteiger partial charge in [0.25, 0.3) is 0 Å². The van der Waals surface area contributed by atoms with Gasteiger partial charge < -0.3 is 10.6 Å². The smallest absolute Gasteiger partial charge is 0.238 e. The van der Waals surface area contributed by atoms with E-state index in [0.717, 1.165) is 6.54 Å². The van der Waals surface area contributed by atoms with Crippen LogP contribution in [0.3, 0.4) is 0 Å². The quantitative estimate of drug-likeness (QED) is 0.803. The summed E-state index contributed by atoms with van der Waals surface area (Å²) < 4.78 is 12.6. The molecule has 2 N–H and O–H groups in total. The number of hydrogen-bond acceptors (Lipinski definition) is 2. The van der Waals surface area contributed by atoms with Gasteiger partial charge in [0.1, 0.15) is 5.82 Å². The second-order valence-corrected chi connectivity index (χ2v) is 4.08. The minimum Gasteiger partial charge on any atom is -0.325 e. The molecular weight excluding hydrogens is 207 g/mol. The topological polar surface area (TPSA) is 41.1 Å².